The zero-order chi connectivity index (χ0) is 14.9. The predicted molar refractivity (Wildman–Crippen MR) is 97.2 cm³/mol. The van der Waals surface area contributed by atoms with Gasteiger partial charge in [0.15, 0.2) is 0 Å². The van der Waals surface area contributed by atoms with Gasteiger partial charge in [-0.05, 0) is 41.5 Å². The van der Waals surface area contributed by atoms with E-state index in [2.05, 4.69) is 58.9 Å². The van der Waals surface area contributed by atoms with Gasteiger partial charge < -0.3 is 5.32 Å². The second kappa shape index (κ2) is 6.13. The quantitative estimate of drug-likeness (QED) is 0.772. The zero-order valence-electron chi connectivity index (χ0n) is 12.7. The van der Waals surface area contributed by atoms with Crippen LogP contribution >= 0.6 is 22.7 Å². The number of piperazine rings is 1. The number of aryl methyl sites for hydroxylation is 1. The SMILES string of the molecule is Cc1ccc(C(c2csc3ccccc23)N2CCNCC2)s1. The molecule has 1 aliphatic rings. The third kappa shape index (κ3) is 2.61. The number of nitrogens with zero attached hydrogens (tertiary/aromatic N) is 1. The monoisotopic (exact) mass is 328 g/mol. The van der Waals surface area contributed by atoms with Crippen molar-refractivity contribution < 1.29 is 0 Å². The summed E-state index contributed by atoms with van der Waals surface area (Å²) in [5.41, 5.74) is 1.48. The summed E-state index contributed by atoms with van der Waals surface area (Å²) in [6.07, 6.45) is 0. The summed E-state index contributed by atoms with van der Waals surface area (Å²) in [6.45, 7) is 6.61. The Morgan fingerprint density at radius 1 is 1.09 bits per heavy atom. The van der Waals surface area contributed by atoms with Crippen molar-refractivity contribution in [2.24, 2.45) is 0 Å². The molecule has 1 unspecified atom stereocenters. The molecule has 0 amide bonds. The van der Waals surface area contributed by atoms with Crippen molar-refractivity contribution in [2.75, 3.05) is 26.2 Å². The van der Waals surface area contributed by atoms with Crippen LogP contribution in [0.15, 0.2) is 41.8 Å². The minimum atomic E-state index is 0.400. The lowest BCUT2D eigenvalue weighted by Crippen LogP contribution is -2.45. The van der Waals surface area contributed by atoms with Crippen molar-refractivity contribution in [3.05, 3.63) is 57.1 Å². The zero-order valence-corrected chi connectivity index (χ0v) is 14.3. The van der Waals surface area contributed by atoms with Gasteiger partial charge in [-0.3, -0.25) is 4.90 Å². The smallest absolute Gasteiger partial charge is 0.0711 e. The average Bonchev–Trinajstić information content (AvgIpc) is 3.16. The summed E-state index contributed by atoms with van der Waals surface area (Å²) in [7, 11) is 0. The van der Waals surface area contributed by atoms with E-state index in [0.717, 1.165) is 26.2 Å². The summed E-state index contributed by atoms with van der Waals surface area (Å²) in [5, 5.41) is 7.26. The fourth-order valence-corrected chi connectivity index (χ4v) is 5.29. The number of hydrogen-bond acceptors (Lipinski definition) is 4. The van der Waals surface area contributed by atoms with E-state index in [0.29, 0.717) is 6.04 Å². The van der Waals surface area contributed by atoms with Crippen LogP contribution in [0.2, 0.25) is 0 Å². The molecule has 0 saturated carbocycles. The third-order valence-electron chi connectivity index (χ3n) is 4.35. The van der Waals surface area contributed by atoms with E-state index in [1.165, 1.54) is 25.4 Å². The average molecular weight is 329 g/mol. The van der Waals surface area contributed by atoms with Gasteiger partial charge in [0, 0.05) is 40.6 Å². The minimum absolute atomic E-state index is 0.400. The second-order valence-electron chi connectivity index (χ2n) is 5.82. The highest BCUT2D eigenvalue weighted by molar-refractivity contribution is 7.17. The molecule has 22 heavy (non-hydrogen) atoms. The number of benzene rings is 1. The van der Waals surface area contributed by atoms with Gasteiger partial charge >= 0.3 is 0 Å². The Labute approximate surface area is 139 Å². The van der Waals surface area contributed by atoms with Crippen LogP contribution in [0.5, 0.6) is 0 Å². The Kier molecular flexibility index (Phi) is 4.01. The lowest BCUT2D eigenvalue weighted by atomic mass is 10.0. The Balaban J connectivity index is 1.82. The molecule has 0 aliphatic carbocycles. The van der Waals surface area contributed by atoms with Crippen molar-refractivity contribution in [1.29, 1.82) is 0 Å². The fraction of sp³-hybridized carbons (Fsp3) is 0.333. The molecule has 114 valence electrons. The fourth-order valence-electron chi connectivity index (χ4n) is 3.28. The van der Waals surface area contributed by atoms with E-state index in [9.17, 15) is 0 Å². The Morgan fingerprint density at radius 2 is 1.91 bits per heavy atom. The van der Waals surface area contributed by atoms with E-state index in [1.807, 2.05) is 22.7 Å². The van der Waals surface area contributed by atoms with Crippen molar-refractivity contribution in [1.82, 2.24) is 10.2 Å². The number of hydrogen-bond donors (Lipinski definition) is 1. The van der Waals surface area contributed by atoms with E-state index >= 15 is 0 Å². The van der Waals surface area contributed by atoms with Crippen LogP contribution in [0.25, 0.3) is 10.1 Å². The second-order valence-corrected chi connectivity index (χ2v) is 8.05. The molecular weight excluding hydrogens is 308 g/mol. The summed E-state index contributed by atoms with van der Waals surface area (Å²) in [4.78, 5) is 5.51. The van der Waals surface area contributed by atoms with Crippen LogP contribution in [-0.4, -0.2) is 31.1 Å². The minimum Gasteiger partial charge on any atom is -0.314 e. The molecule has 1 atom stereocenters. The highest BCUT2D eigenvalue weighted by atomic mass is 32.1. The first-order valence-corrected chi connectivity index (χ1v) is 9.50. The van der Waals surface area contributed by atoms with E-state index in [-0.39, 0.29) is 0 Å². The molecule has 0 spiro atoms. The predicted octanol–water partition coefficient (Wildman–Crippen LogP) is 4.27. The third-order valence-corrected chi connectivity index (χ3v) is 6.39. The van der Waals surface area contributed by atoms with Crippen LogP contribution in [0.1, 0.15) is 21.4 Å². The Morgan fingerprint density at radius 3 is 2.68 bits per heavy atom. The molecule has 1 fully saturated rings. The molecule has 4 heteroatoms. The Hall–Kier alpha value is -1.20. The van der Waals surface area contributed by atoms with Gasteiger partial charge in [0.25, 0.3) is 0 Å². The summed E-state index contributed by atoms with van der Waals surface area (Å²) < 4.78 is 1.39. The topological polar surface area (TPSA) is 15.3 Å². The van der Waals surface area contributed by atoms with Gasteiger partial charge in [0.05, 0.1) is 6.04 Å². The number of fused-ring (bicyclic) bond motifs is 1. The molecule has 1 saturated heterocycles. The van der Waals surface area contributed by atoms with Crippen LogP contribution in [0.4, 0.5) is 0 Å². The maximum atomic E-state index is 3.47. The molecule has 4 rings (SSSR count). The largest absolute Gasteiger partial charge is 0.314 e. The summed E-state index contributed by atoms with van der Waals surface area (Å²) >= 11 is 3.81. The number of thiophene rings is 2. The van der Waals surface area contributed by atoms with Crippen molar-refractivity contribution in [3.8, 4) is 0 Å². The highest BCUT2D eigenvalue weighted by Gasteiger charge is 2.27. The maximum absolute atomic E-state index is 3.47. The molecule has 3 heterocycles. The molecule has 0 bridgehead atoms. The van der Waals surface area contributed by atoms with Gasteiger partial charge in [-0.2, -0.15) is 0 Å². The van der Waals surface area contributed by atoms with Crippen molar-refractivity contribution in [3.63, 3.8) is 0 Å². The highest BCUT2D eigenvalue weighted by Crippen LogP contribution is 2.39. The van der Waals surface area contributed by atoms with E-state index in [4.69, 9.17) is 0 Å². The van der Waals surface area contributed by atoms with Crippen molar-refractivity contribution >= 4 is 32.8 Å². The van der Waals surface area contributed by atoms with Gasteiger partial charge in [-0.25, -0.2) is 0 Å². The molecule has 1 aliphatic heterocycles. The number of nitrogens with one attached hydrogen (secondary N) is 1. The van der Waals surface area contributed by atoms with E-state index in [1.54, 1.807) is 0 Å². The van der Waals surface area contributed by atoms with Gasteiger partial charge in [-0.15, -0.1) is 22.7 Å². The standard InChI is InChI=1S/C18H20N2S2/c1-13-6-7-17(22-13)18(20-10-8-19-9-11-20)15-12-21-16-5-3-2-4-14(15)16/h2-7,12,18-19H,8-11H2,1H3. The first kappa shape index (κ1) is 14.4. The molecule has 2 nitrogen and oxygen atoms in total. The molecule has 3 aromatic rings. The molecule has 1 N–H and O–H groups in total. The van der Waals surface area contributed by atoms with Crippen LogP contribution in [-0.2, 0) is 0 Å². The molecule has 1 aromatic carbocycles. The lowest BCUT2D eigenvalue weighted by molar-refractivity contribution is 0.202. The molecule has 0 radical (unpaired) electrons. The van der Waals surface area contributed by atoms with Crippen molar-refractivity contribution in [2.45, 2.75) is 13.0 Å². The summed E-state index contributed by atoms with van der Waals surface area (Å²) in [6, 6.07) is 13.8. The van der Waals surface area contributed by atoms with Crippen LogP contribution < -0.4 is 5.32 Å². The lowest BCUT2D eigenvalue weighted by Gasteiger charge is -2.34. The normalized spacial score (nSPS) is 17.9. The summed E-state index contributed by atoms with van der Waals surface area (Å²) in [5.74, 6) is 0. The van der Waals surface area contributed by atoms with E-state index < -0.39 is 0 Å². The number of rotatable bonds is 3. The van der Waals surface area contributed by atoms with Crippen LogP contribution in [0, 0.1) is 6.92 Å². The first-order chi connectivity index (χ1) is 10.8. The molecular formula is C18H20N2S2. The van der Waals surface area contributed by atoms with Crippen LogP contribution in [0.3, 0.4) is 0 Å². The Bertz CT molecular complexity index is 768. The van der Waals surface area contributed by atoms with Gasteiger partial charge in [0.1, 0.15) is 0 Å². The van der Waals surface area contributed by atoms with Gasteiger partial charge in [0.2, 0.25) is 0 Å². The molecule has 2 aromatic heterocycles. The maximum Gasteiger partial charge on any atom is 0.0711 e. The van der Waals surface area contributed by atoms with Gasteiger partial charge in [-0.1, -0.05) is 18.2 Å². The first-order valence-electron chi connectivity index (χ1n) is 7.80.